The second-order valence-corrected chi connectivity index (χ2v) is 6.90. The fraction of sp³-hybridized carbons (Fsp3) is 0.364. The van der Waals surface area contributed by atoms with Crippen LogP contribution in [0.15, 0.2) is 48.5 Å². The molecule has 3 aromatic rings. The molecule has 0 spiro atoms. The molecular formula is C22H26O2. The lowest BCUT2D eigenvalue weighted by Gasteiger charge is -2.12. The van der Waals surface area contributed by atoms with Gasteiger partial charge in [0, 0.05) is 0 Å². The summed E-state index contributed by atoms with van der Waals surface area (Å²) in [4.78, 5) is 0. The predicted molar refractivity (Wildman–Crippen MR) is 101 cm³/mol. The van der Waals surface area contributed by atoms with Gasteiger partial charge in [-0.05, 0) is 72.5 Å². The van der Waals surface area contributed by atoms with Gasteiger partial charge in [-0.1, -0.05) is 36.4 Å². The first-order valence-corrected chi connectivity index (χ1v) is 8.70. The van der Waals surface area contributed by atoms with Gasteiger partial charge in [-0.2, -0.15) is 0 Å². The molecule has 0 amide bonds. The number of hydrogen-bond acceptors (Lipinski definition) is 2. The molecule has 0 atom stereocenters. The summed E-state index contributed by atoms with van der Waals surface area (Å²) in [6.45, 7) is 9.57. The lowest BCUT2D eigenvalue weighted by molar-refractivity contribution is 0.0656. The minimum atomic E-state index is 0.244. The van der Waals surface area contributed by atoms with Crippen molar-refractivity contribution in [1.82, 2.24) is 0 Å². The van der Waals surface area contributed by atoms with Crippen LogP contribution in [-0.4, -0.2) is 12.2 Å². The van der Waals surface area contributed by atoms with E-state index in [2.05, 4.69) is 76.2 Å². The van der Waals surface area contributed by atoms with Crippen molar-refractivity contribution in [3.63, 3.8) is 0 Å². The van der Waals surface area contributed by atoms with Gasteiger partial charge in [-0.3, -0.25) is 0 Å². The van der Waals surface area contributed by atoms with E-state index in [1.807, 2.05) is 0 Å². The largest absolute Gasteiger partial charge is 0.374 e. The van der Waals surface area contributed by atoms with Crippen molar-refractivity contribution < 1.29 is 9.47 Å². The van der Waals surface area contributed by atoms with E-state index in [1.54, 1.807) is 0 Å². The van der Waals surface area contributed by atoms with E-state index in [0.717, 1.165) is 0 Å². The standard InChI is InChI=1S/C22H26O2/c1-15(2)23-13-17-5-7-19-9-10-20-8-6-18(14-24-16(3)4)12-22(20)21(19)11-17/h5-12,15-16H,13-14H2,1-4H3. The molecule has 0 unspecified atom stereocenters. The van der Waals surface area contributed by atoms with E-state index >= 15 is 0 Å². The Morgan fingerprint density at radius 1 is 0.625 bits per heavy atom. The second kappa shape index (κ2) is 7.33. The van der Waals surface area contributed by atoms with Crippen molar-refractivity contribution in [3.05, 3.63) is 59.7 Å². The molecule has 0 saturated carbocycles. The van der Waals surface area contributed by atoms with Gasteiger partial charge in [-0.25, -0.2) is 0 Å². The lowest BCUT2D eigenvalue weighted by Crippen LogP contribution is -2.02. The average Bonchev–Trinajstić information content (AvgIpc) is 2.57. The molecule has 24 heavy (non-hydrogen) atoms. The Hall–Kier alpha value is -1.90. The predicted octanol–water partition coefficient (Wildman–Crippen LogP) is 5.84. The molecule has 2 heteroatoms. The molecule has 0 heterocycles. The first kappa shape index (κ1) is 16.9. The van der Waals surface area contributed by atoms with Crippen molar-refractivity contribution in [3.8, 4) is 0 Å². The fourth-order valence-corrected chi connectivity index (χ4v) is 2.85. The molecule has 0 bridgehead atoms. The van der Waals surface area contributed by atoms with Crippen molar-refractivity contribution in [1.29, 1.82) is 0 Å². The molecule has 0 N–H and O–H groups in total. The highest BCUT2D eigenvalue weighted by Crippen LogP contribution is 2.28. The minimum absolute atomic E-state index is 0.244. The third-order valence-electron chi connectivity index (χ3n) is 4.13. The van der Waals surface area contributed by atoms with Gasteiger partial charge in [0.1, 0.15) is 0 Å². The molecule has 0 radical (unpaired) electrons. The van der Waals surface area contributed by atoms with Gasteiger partial charge in [0.2, 0.25) is 0 Å². The minimum Gasteiger partial charge on any atom is -0.374 e. The summed E-state index contributed by atoms with van der Waals surface area (Å²) in [6, 6.07) is 17.6. The highest BCUT2D eigenvalue weighted by molar-refractivity contribution is 6.07. The van der Waals surface area contributed by atoms with Crippen LogP contribution in [0.1, 0.15) is 38.8 Å². The van der Waals surface area contributed by atoms with Gasteiger partial charge in [0.15, 0.2) is 0 Å². The smallest absolute Gasteiger partial charge is 0.0720 e. The van der Waals surface area contributed by atoms with Gasteiger partial charge < -0.3 is 9.47 Å². The highest BCUT2D eigenvalue weighted by atomic mass is 16.5. The average molecular weight is 322 g/mol. The molecule has 0 aliphatic rings. The van der Waals surface area contributed by atoms with Crippen molar-refractivity contribution in [2.45, 2.75) is 53.1 Å². The number of benzene rings is 3. The SMILES string of the molecule is CC(C)OCc1ccc2ccc3ccc(COC(C)C)cc3c2c1. The van der Waals surface area contributed by atoms with E-state index in [-0.39, 0.29) is 12.2 Å². The van der Waals surface area contributed by atoms with Crippen LogP contribution in [0.4, 0.5) is 0 Å². The molecule has 0 saturated heterocycles. The lowest BCUT2D eigenvalue weighted by atomic mass is 9.98. The molecule has 0 aliphatic carbocycles. The van der Waals surface area contributed by atoms with Gasteiger partial charge in [0.05, 0.1) is 25.4 Å². The van der Waals surface area contributed by atoms with E-state index < -0.39 is 0 Å². The van der Waals surface area contributed by atoms with E-state index in [4.69, 9.17) is 9.47 Å². The molecule has 0 aliphatic heterocycles. The van der Waals surface area contributed by atoms with Gasteiger partial charge in [0.25, 0.3) is 0 Å². The van der Waals surface area contributed by atoms with Crippen LogP contribution in [0.5, 0.6) is 0 Å². The highest BCUT2D eigenvalue weighted by Gasteiger charge is 2.05. The van der Waals surface area contributed by atoms with Crippen molar-refractivity contribution in [2.75, 3.05) is 0 Å². The second-order valence-electron chi connectivity index (χ2n) is 6.90. The number of hydrogen-bond donors (Lipinski definition) is 0. The Morgan fingerprint density at radius 2 is 1.00 bits per heavy atom. The number of fused-ring (bicyclic) bond motifs is 3. The Labute approximate surface area is 144 Å². The Kier molecular flexibility index (Phi) is 5.17. The maximum absolute atomic E-state index is 5.76. The van der Waals surface area contributed by atoms with Crippen LogP contribution in [-0.2, 0) is 22.7 Å². The first-order chi connectivity index (χ1) is 11.5. The number of rotatable bonds is 6. The van der Waals surface area contributed by atoms with Crippen molar-refractivity contribution >= 4 is 21.5 Å². The van der Waals surface area contributed by atoms with E-state index in [9.17, 15) is 0 Å². The normalized spacial score (nSPS) is 11.9. The summed E-state index contributed by atoms with van der Waals surface area (Å²) in [5, 5.41) is 5.09. The summed E-state index contributed by atoms with van der Waals surface area (Å²) < 4.78 is 11.5. The van der Waals surface area contributed by atoms with Crippen LogP contribution in [0.25, 0.3) is 21.5 Å². The summed E-state index contributed by atoms with van der Waals surface area (Å²) in [7, 11) is 0. The van der Waals surface area contributed by atoms with Gasteiger partial charge >= 0.3 is 0 Å². The molecule has 0 fully saturated rings. The van der Waals surface area contributed by atoms with Crippen LogP contribution in [0, 0.1) is 0 Å². The maximum Gasteiger partial charge on any atom is 0.0720 e. The summed E-state index contributed by atoms with van der Waals surface area (Å²) in [5.41, 5.74) is 2.43. The molecular weight excluding hydrogens is 296 g/mol. The Bertz CT molecular complexity index is 763. The monoisotopic (exact) mass is 322 g/mol. The quantitative estimate of drug-likeness (QED) is 0.530. The van der Waals surface area contributed by atoms with Crippen LogP contribution < -0.4 is 0 Å². The van der Waals surface area contributed by atoms with E-state index in [1.165, 1.54) is 32.7 Å². The zero-order valence-electron chi connectivity index (χ0n) is 15.0. The fourth-order valence-electron chi connectivity index (χ4n) is 2.85. The van der Waals surface area contributed by atoms with E-state index in [0.29, 0.717) is 13.2 Å². The molecule has 126 valence electrons. The molecule has 3 aromatic carbocycles. The summed E-state index contributed by atoms with van der Waals surface area (Å²) in [5.74, 6) is 0. The number of ether oxygens (including phenoxy) is 2. The first-order valence-electron chi connectivity index (χ1n) is 8.70. The van der Waals surface area contributed by atoms with Crippen molar-refractivity contribution in [2.24, 2.45) is 0 Å². The van der Waals surface area contributed by atoms with Crippen LogP contribution >= 0.6 is 0 Å². The third kappa shape index (κ3) is 3.95. The Balaban J connectivity index is 2.01. The summed E-state index contributed by atoms with van der Waals surface area (Å²) in [6.07, 6.45) is 0.487. The van der Waals surface area contributed by atoms with Crippen LogP contribution in [0.2, 0.25) is 0 Å². The zero-order valence-corrected chi connectivity index (χ0v) is 15.0. The summed E-state index contributed by atoms with van der Waals surface area (Å²) >= 11 is 0. The Morgan fingerprint density at radius 3 is 1.38 bits per heavy atom. The topological polar surface area (TPSA) is 18.5 Å². The molecule has 2 nitrogen and oxygen atoms in total. The zero-order chi connectivity index (χ0) is 17.1. The maximum atomic E-state index is 5.76. The molecule has 3 rings (SSSR count). The van der Waals surface area contributed by atoms with Crippen LogP contribution in [0.3, 0.4) is 0 Å². The third-order valence-corrected chi connectivity index (χ3v) is 4.13. The molecule has 0 aromatic heterocycles. The van der Waals surface area contributed by atoms with Gasteiger partial charge in [-0.15, -0.1) is 0 Å².